The molecule has 0 saturated heterocycles. The molecule has 1 aliphatic rings. The number of halogens is 1. The van der Waals surface area contributed by atoms with Crippen LogP contribution in [-0.4, -0.2) is 18.4 Å². The Morgan fingerprint density at radius 1 is 1.28 bits per heavy atom. The lowest BCUT2D eigenvalue weighted by Gasteiger charge is -2.12. The number of rotatable bonds is 5. The zero-order valence-corrected chi connectivity index (χ0v) is 10.2. The number of hydrogen-bond donors (Lipinski definition) is 0. The molecule has 1 fully saturated rings. The van der Waals surface area contributed by atoms with Gasteiger partial charge in [-0.15, -0.1) is 0 Å². The summed E-state index contributed by atoms with van der Waals surface area (Å²) in [5.74, 6) is -0.806. The van der Waals surface area contributed by atoms with Gasteiger partial charge in [-0.1, -0.05) is 0 Å². The molecule has 18 heavy (non-hydrogen) atoms. The molecule has 1 saturated carbocycles. The fraction of sp³-hybridized carbons (Fsp3) is 0.429. The molecular formula is C14H15FO3. The van der Waals surface area contributed by atoms with Gasteiger partial charge in [-0.2, -0.15) is 0 Å². The molecule has 96 valence electrons. The number of carbonyl (C=O) groups is 2. The van der Waals surface area contributed by atoms with E-state index in [9.17, 15) is 14.0 Å². The molecule has 0 N–H and O–H groups in total. The lowest BCUT2D eigenvalue weighted by atomic mass is 9.96. The van der Waals surface area contributed by atoms with Crippen molar-refractivity contribution in [3.05, 3.63) is 35.6 Å². The molecule has 0 aromatic heterocycles. The van der Waals surface area contributed by atoms with Crippen molar-refractivity contribution < 1.29 is 18.7 Å². The van der Waals surface area contributed by atoms with E-state index < -0.39 is 5.41 Å². The SMILES string of the molecule is CCOC(=O)C1(CC(=O)c2ccc(F)cc2)CC1. The van der Waals surface area contributed by atoms with Gasteiger partial charge in [-0.25, -0.2) is 4.39 Å². The largest absolute Gasteiger partial charge is 0.466 e. The highest BCUT2D eigenvalue weighted by Gasteiger charge is 2.52. The van der Waals surface area contributed by atoms with E-state index >= 15 is 0 Å². The van der Waals surface area contributed by atoms with Crippen LogP contribution in [0.4, 0.5) is 4.39 Å². The van der Waals surface area contributed by atoms with Crippen LogP contribution in [0.3, 0.4) is 0 Å². The number of esters is 1. The van der Waals surface area contributed by atoms with Gasteiger partial charge in [-0.05, 0) is 44.0 Å². The van der Waals surface area contributed by atoms with Crippen LogP contribution in [0.5, 0.6) is 0 Å². The van der Waals surface area contributed by atoms with Gasteiger partial charge in [0, 0.05) is 12.0 Å². The molecule has 0 heterocycles. The lowest BCUT2D eigenvalue weighted by molar-refractivity contribution is -0.149. The van der Waals surface area contributed by atoms with E-state index in [1.807, 2.05) is 0 Å². The third-order valence-electron chi connectivity index (χ3n) is 3.23. The van der Waals surface area contributed by atoms with Gasteiger partial charge in [-0.3, -0.25) is 9.59 Å². The molecule has 4 heteroatoms. The van der Waals surface area contributed by atoms with Crippen LogP contribution in [0, 0.1) is 11.2 Å². The fourth-order valence-corrected chi connectivity index (χ4v) is 1.93. The van der Waals surface area contributed by atoms with Crippen LogP contribution in [0.25, 0.3) is 0 Å². The molecule has 0 bridgehead atoms. The van der Waals surface area contributed by atoms with Gasteiger partial charge in [0.1, 0.15) is 5.82 Å². The van der Waals surface area contributed by atoms with Crippen LogP contribution in [0.2, 0.25) is 0 Å². The van der Waals surface area contributed by atoms with Gasteiger partial charge in [0.15, 0.2) is 5.78 Å². The zero-order valence-electron chi connectivity index (χ0n) is 10.2. The smallest absolute Gasteiger partial charge is 0.312 e. The van der Waals surface area contributed by atoms with E-state index in [1.165, 1.54) is 24.3 Å². The Hall–Kier alpha value is -1.71. The molecule has 0 radical (unpaired) electrons. The molecule has 1 aromatic rings. The molecule has 2 rings (SSSR count). The second-order valence-electron chi connectivity index (χ2n) is 4.61. The monoisotopic (exact) mass is 250 g/mol. The highest BCUT2D eigenvalue weighted by molar-refractivity contribution is 5.99. The van der Waals surface area contributed by atoms with E-state index in [1.54, 1.807) is 6.92 Å². The minimum absolute atomic E-state index is 0.138. The Kier molecular flexibility index (Phi) is 3.45. The number of hydrogen-bond acceptors (Lipinski definition) is 3. The molecule has 0 spiro atoms. The first-order valence-corrected chi connectivity index (χ1v) is 6.03. The topological polar surface area (TPSA) is 43.4 Å². The van der Waals surface area contributed by atoms with E-state index in [4.69, 9.17) is 4.74 Å². The van der Waals surface area contributed by atoms with Crippen LogP contribution in [0.1, 0.15) is 36.5 Å². The predicted octanol–water partition coefficient (Wildman–Crippen LogP) is 2.74. The number of carbonyl (C=O) groups excluding carboxylic acids is 2. The van der Waals surface area contributed by atoms with Gasteiger partial charge < -0.3 is 4.74 Å². The van der Waals surface area contributed by atoms with Gasteiger partial charge >= 0.3 is 5.97 Å². The Bertz CT molecular complexity index is 460. The van der Waals surface area contributed by atoms with E-state index in [0.717, 1.165) is 0 Å². The number of ether oxygens (including phenoxy) is 1. The molecule has 3 nitrogen and oxygen atoms in total. The Labute approximate surface area is 105 Å². The molecule has 0 amide bonds. The van der Waals surface area contributed by atoms with Crippen molar-refractivity contribution in [3.63, 3.8) is 0 Å². The van der Waals surface area contributed by atoms with Crippen LogP contribution < -0.4 is 0 Å². The summed E-state index contributed by atoms with van der Waals surface area (Å²) in [6.45, 7) is 2.07. The average molecular weight is 250 g/mol. The van der Waals surface area contributed by atoms with E-state index in [2.05, 4.69) is 0 Å². The van der Waals surface area contributed by atoms with Crippen molar-refractivity contribution in [2.45, 2.75) is 26.2 Å². The summed E-state index contributed by atoms with van der Waals surface area (Å²) in [7, 11) is 0. The number of benzene rings is 1. The summed E-state index contributed by atoms with van der Waals surface area (Å²) >= 11 is 0. The molecule has 0 atom stereocenters. The molecule has 1 aliphatic carbocycles. The predicted molar refractivity (Wildman–Crippen MR) is 63.6 cm³/mol. The Morgan fingerprint density at radius 3 is 2.39 bits per heavy atom. The standard InChI is InChI=1S/C14H15FO3/c1-2-18-13(17)14(7-8-14)9-12(16)10-3-5-11(15)6-4-10/h3-6H,2,7-9H2,1H3. The summed E-state index contributed by atoms with van der Waals surface area (Å²) in [6.07, 6.45) is 1.54. The van der Waals surface area contributed by atoms with Crippen molar-refractivity contribution in [2.75, 3.05) is 6.61 Å². The van der Waals surface area contributed by atoms with Crippen molar-refractivity contribution in [1.29, 1.82) is 0 Å². The third kappa shape index (κ3) is 2.58. The average Bonchev–Trinajstić information content (AvgIpc) is 3.11. The van der Waals surface area contributed by atoms with Crippen molar-refractivity contribution >= 4 is 11.8 Å². The fourth-order valence-electron chi connectivity index (χ4n) is 1.93. The highest BCUT2D eigenvalue weighted by Crippen LogP contribution is 2.50. The van der Waals surface area contributed by atoms with Gasteiger partial charge in [0.25, 0.3) is 0 Å². The maximum atomic E-state index is 12.7. The van der Waals surface area contributed by atoms with Crippen molar-refractivity contribution in [3.8, 4) is 0 Å². The first kappa shape index (κ1) is 12.7. The summed E-state index contributed by atoms with van der Waals surface area (Å²) in [6, 6.07) is 5.38. The minimum Gasteiger partial charge on any atom is -0.466 e. The minimum atomic E-state index is -0.624. The molecule has 0 unspecified atom stereocenters. The number of ketones is 1. The van der Waals surface area contributed by atoms with Crippen LogP contribution in [0.15, 0.2) is 24.3 Å². The lowest BCUT2D eigenvalue weighted by Crippen LogP contribution is -2.22. The Morgan fingerprint density at radius 2 is 1.89 bits per heavy atom. The second kappa shape index (κ2) is 4.88. The molecule has 1 aromatic carbocycles. The van der Waals surface area contributed by atoms with E-state index in [0.29, 0.717) is 25.0 Å². The van der Waals surface area contributed by atoms with Gasteiger partial charge in [0.2, 0.25) is 0 Å². The third-order valence-corrected chi connectivity index (χ3v) is 3.23. The van der Waals surface area contributed by atoms with Crippen molar-refractivity contribution in [1.82, 2.24) is 0 Å². The quantitative estimate of drug-likeness (QED) is 0.596. The maximum absolute atomic E-state index is 12.7. The molecule has 0 aliphatic heterocycles. The first-order chi connectivity index (χ1) is 8.57. The Balaban J connectivity index is 2.03. The summed E-state index contributed by atoms with van der Waals surface area (Å²) < 4.78 is 17.7. The van der Waals surface area contributed by atoms with Crippen LogP contribution >= 0.6 is 0 Å². The summed E-state index contributed by atoms with van der Waals surface area (Å²) in [5.41, 5.74) is -0.187. The zero-order chi connectivity index (χ0) is 13.2. The summed E-state index contributed by atoms with van der Waals surface area (Å²) in [5, 5.41) is 0. The molecular weight excluding hydrogens is 235 g/mol. The second-order valence-corrected chi connectivity index (χ2v) is 4.61. The maximum Gasteiger partial charge on any atom is 0.312 e. The first-order valence-electron chi connectivity index (χ1n) is 6.03. The highest BCUT2D eigenvalue weighted by atomic mass is 19.1. The van der Waals surface area contributed by atoms with E-state index in [-0.39, 0.29) is 24.0 Å². The normalized spacial score (nSPS) is 16.1. The van der Waals surface area contributed by atoms with Gasteiger partial charge in [0.05, 0.1) is 12.0 Å². The number of Topliss-reactive ketones (excluding diaryl/α,β-unsaturated/α-hetero) is 1. The summed E-state index contributed by atoms with van der Waals surface area (Å²) in [4.78, 5) is 23.7. The van der Waals surface area contributed by atoms with Crippen LogP contribution in [-0.2, 0) is 9.53 Å². The van der Waals surface area contributed by atoms with Crippen molar-refractivity contribution in [2.24, 2.45) is 5.41 Å².